The molecular formula is C9H18N2O4S. The Hall–Kier alpha value is -0.660. The minimum Gasteiger partial charge on any atom is -0.392 e. The maximum absolute atomic E-state index is 11.5. The first-order valence-corrected chi connectivity index (χ1v) is 7.16. The van der Waals surface area contributed by atoms with Gasteiger partial charge >= 0.3 is 0 Å². The van der Waals surface area contributed by atoms with Crippen molar-refractivity contribution in [2.45, 2.75) is 25.5 Å². The average Bonchev–Trinajstić information content (AvgIpc) is 2.64. The second kappa shape index (κ2) is 5.60. The summed E-state index contributed by atoms with van der Waals surface area (Å²) in [6.07, 6.45) is -0.109. The van der Waals surface area contributed by atoms with E-state index >= 15 is 0 Å². The Labute approximate surface area is 95.3 Å². The van der Waals surface area contributed by atoms with Crippen LogP contribution in [0.1, 0.15) is 13.3 Å². The minimum atomic E-state index is -3.03. The van der Waals surface area contributed by atoms with Crippen LogP contribution < -0.4 is 10.6 Å². The number of sulfone groups is 1. The Morgan fingerprint density at radius 1 is 1.56 bits per heavy atom. The van der Waals surface area contributed by atoms with Gasteiger partial charge in [0.15, 0.2) is 9.84 Å². The van der Waals surface area contributed by atoms with Crippen LogP contribution in [0.2, 0.25) is 0 Å². The van der Waals surface area contributed by atoms with Gasteiger partial charge in [-0.1, -0.05) is 6.92 Å². The fourth-order valence-corrected chi connectivity index (χ4v) is 2.22. The monoisotopic (exact) mass is 250 g/mol. The third-order valence-electron chi connectivity index (χ3n) is 2.58. The third kappa shape index (κ3) is 4.07. The van der Waals surface area contributed by atoms with Gasteiger partial charge in [-0.15, -0.1) is 0 Å². The Bertz CT molecular complexity index is 341. The normalized spacial score (nSPS) is 25.6. The lowest BCUT2D eigenvalue weighted by Crippen LogP contribution is -2.42. The number of hydrogen-bond acceptors (Lipinski definition) is 5. The maximum Gasteiger partial charge on any atom is 0.237 e. The molecule has 0 saturated carbocycles. The van der Waals surface area contributed by atoms with Crippen LogP contribution in [0.3, 0.4) is 0 Å². The van der Waals surface area contributed by atoms with Crippen LogP contribution in [0, 0.1) is 0 Å². The largest absolute Gasteiger partial charge is 0.392 e. The van der Waals surface area contributed by atoms with E-state index < -0.39 is 22.0 Å². The summed E-state index contributed by atoms with van der Waals surface area (Å²) in [6, 6.07) is -0.403. The molecule has 2 atom stereocenters. The van der Waals surface area contributed by atoms with E-state index in [1.54, 1.807) is 6.92 Å². The van der Waals surface area contributed by atoms with Crippen molar-refractivity contribution in [2.24, 2.45) is 0 Å². The molecule has 3 N–H and O–H groups in total. The number of amides is 1. The molecule has 2 unspecified atom stereocenters. The molecule has 1 rings (SSSR count). The molecule has 6 nitrogen and oxygen atoms in total. The van der Waals surface area contributed by atoms with Gasteiger partial charge in [-0.2, -0.15) is 0 Å². The first-order valence-electron chi connectivity index (χ1n) is 5.34. The number of aliphatic hydroxyl groups excluding tert-OH is 1. The molecule has 0 spiro atoms. The Morgan fingerprint density at radius 3 is 2.75 bits per heavy atom. The second-order valence-corrected chi connectivity index (χ2v) is 6.35. The van der Waals surface area contributed by atoms with Crippen molar-refractivity contribution in [3.8, 4) is 0 Å². The average molecular weight is 250 g/mol. The zero-order valence-electron chi connectivity index (χ0n) is 9.27. The summed E-state index contributed by atoms with van der Waals surface area (Å²) >= 11 is 0. The van der Waals surface area contributed by atoms with Crippen molar-refractivity contribution in [1.29, 1.82) is 0 Å². The zero-order chi connectivity index (χ0) is 12.2. The van der Waals surface area contributed by atoms with Crippen LogP contribution in [0.25, 0.3) is 0 Å². The molecule has 0 radical (unpaired) electrons. The molecule has 1 heterocycles. The lowest BCUT2D eigenvalue weighted by atomic mass is 10.2. The van der Waals surface area contributed by atoms with E-state index in [0.717, 1.165) is 0 Å². The molecule has 16 heavy (non-hydrogen) atoms. The Morgan fingerprint density at radius 2 is 2.25 bits per heavy atom. The van der Waals surface area contributed by atoms with E-state index in [1.165, 1.54) is 0 Å². The van der Waals surface area contributed by atoms with Crippen molar-refractivity contribution in [1.82, 2.24) is 10.6 Å². The first-order chi connectivity index (χ1) is 7.44. The predicted molar refractivity (Wildman–Crippen MR) is 59.8 cm³/mol. The van der Waals surface area contributed by atoms with Crippen LogP contribution in [-0.4, -0.2) is 56.2 Å². The van der Waals surface area contributed by atoms with Gasteiger partial charge in [-0.25, -0.2) is 8.42 Å². The standard InChI is InChI=1S/C9H18N2O4S/c1-2-16(14,15)4-3-10-9(13)8-5-7(12)6-11-8/h7-8,11-12H,2-6H2,1H3,(H,10,13). The smallest absolute Gasteiger partial charge is 0.237 e. The highest BCUT2D eigenvalue weighted by molar-refractivity contribution is 7.91. The van der Waals surface area contributed by atoms with Crippen LogP contribution in [0.4, 0.5) is 0 Å². The summed E-state index contributed by atoms with van der Waals surface area (Å²) in [4.78, 5) is 11.5. The van der Waals surface area contributed by atoms with Gasteiger partial charge in [0.05, 0.1) is 17.9 Å². The highest BCUT2D eigenvalue weighted by atomic mass is 32.2. The van der Waals surface area contributed by atoms with Crippen LogP contribution in [0.5, 0.6) is 0 Å². The molecule has 1 amide bonds. The van der Waals surface area contributed by atoms with Crippen LogP contribution in [0.15, 0.2) is 0 Å². The zero-order valence-corrected chi connectivity index (χ0v) is 10.1. The van der Waals surface area contributed by atoms with Gasteiger partial charge in [0.25, 0.3) is 0 Å². The molecule has 0 bridgehead atoms. The third-order valence-corrected chi connectivity index (χ3v) is 4.28. The molecular weight excluding hydrogens is 232 g/mol. The van der Waals surface area contributed by atoms with E-state index in [0.29, 0.717) is 13.0 Å². The fourth-order valence-electron chi connectivity index (χ4n) is 1.51. The number of rotatable bonds is 5. The van der Waals surface area contributed by atoms with E-state index in [-0.39, 0.29) is 24.0 Å². The van der Waals surface area contributed by atoms with Crippen molar-refractivity contribution in [3.05, 3.63) is 0 Å². The summed E-state index contributed by atoms with van der Waals surface area (Å²) in [7, 11) is -3.03. The summed E-state index contributed by atoms with van der Waals surface area (Å²) < 4.78 is 22.3. The van der Waals surface area contributed by atoms with Gasteiger partial charge < -0.3 is 15.7 Å². The van der Waals surface area contributed by atoms with E-state index in [2.05, 4.69) is 10.6 Å². The molecule has 0 aromatic carbocycles. The highest BCUT2D eigenvalue weighted by Crippen LogP contribution is 2.05. The predicted octanol–water partition coefficient (Wildman–Crippen LogP) is -1.74. The van der Waals surface area contributed by atoms with Crippen molar-refractivity contribution in [3.63, 3.8) is 0 Å². The van der Waals surface area contributed by atoms with Gasteiger partial charge in [0.1, 0.15) is 0 Å². The van der Waals surface area contributed by atoms with Crippen LogP contribution in [-0.2, 0) is 14.6 Å². The number of hydrogen-bond donors (Lipinski definition) is 3. The Balaban J connectivity index is 2.26. The quantitative estimate of drug-likeness (QED) is 0.538. The number of nitrogens with one attached hydrogen (secondary N) is 2. The minimum absolute atomic E-state index is 0.0372. The van der Waals surface area contributed by atoms with Crippen molar-refractivity contribution >= 4 is 15.7 Å². The summed E-state index contributed by atoms with van der Waals surface area (Å²) in [5.74, 6) is -0.198. The topological polar surface area (TPSA) is 95.5 Å². The molecule has 94 valence electrons. The highest BCUT2D eigenvalue weighted by Gasteiger charge is 2.27. The van der Waals surface area contributed by atoms with Gasteiger partial charge in [-0.05, 0) is 6.42 Å². The lowest BCUT2D eigenvalue weighted by molar-refractivity contribution is -0.122. The number of aliphatic hydroxyl groups is 1. The molecule has 1 aliphatic rings. The Kier molecular flexibility index (Phi) is 4.69. The van der Waals surface area contributed by atoms with Gasteiger partial charge in [-0.3, -0.25) is 4.79 Å². The summed E-state index contributed by atoms with van der Waals surface area (Å²) in [5.41, 5.74) is 0. The SMILES string of the molecule is CCS(=O)(=O)CCNC(=O)C1CC(O)CN1. The van der Waals surface area contributed by atoms with Gasteiger partial charge in [0, 0.05) is 18.8 Å². The van der Waals surface area contributed by atoms with E-state index in [9.17, 15) is 18.3 Å². The molecule has 1 aliphatic heterocycles. The van der Waals surface area contributed by atoms with Crippen molar-refractivity contribution in [2.75, 3.05) is 24.6 Å². The summed E-state index contributed by atoms with van der Waals surface area (Å²) in [5, 5.41) is 14.6. The fraction of sp³-hybridized carbons (Fsp3) is 0.889. The lowest BCUT2D eigenvalue weighted by Gasteiger charge is -2.10. The number of β-amino-alcohol motifs (C(OH)–C–C–N with tert-alkyl or cyclic N) is 1. The number of carbonyl (C=O) groups is 1. The first kappa shape index (κ1) is 13.4. The molecule has 1 saturated heterocycles. The number of carbonyl (C=O) groups excluding carboxylic acids is 1. The van der Waals surface area contributed by atoms with E-state index in [4.69, 9.17) is 0 Å². The molecule has 0 aliphatic carbocycles. The van der Waals surface area contributed by atoms with Crippen LogP contribution >= 0.6 is 0 Å². The molecule has 1 fully saturated rings. The van der Waals surface area contributed by atoms with Crippen molar-refractivity contribution < 1.29 is 18.3 Å². The molecule has 7 heteroatoms. The van der Waals surface area contributed by atoms with Gasteiger partial charge in [0.2, 0.25) is 5.91 Å². The second-order valence-electron chi connectivity index (χ2n) is 3.88. The molecule has 0 aromatic rings. The molecule has 0 aromatic heterocycles. The van der Waals surface area contributed by atoms with E-state index in [1.807, 2.05) is 0 Å². The summed E-state index contributed by atoms with van der Waals surface area (Å²) in [6.45, 7) is 2.11. The maximum atomic E-state index is 11.5.